The first-order valence-corrected chi connectivity index (χ1v) is 14.8. The molecule has 1 fully saturated rings. The van der Waals surface area contributed by atoms with Gasteiger partial charge in [-0.15, -0.1) is 0 Å². The summed E-state index contributed by atoms with van der Waals surface area (Å²) in [5.41, 5.74) is 1.97. The van der Waals surface area contributed by atoms with Gasteiger partial charge in [-0.25, -0.2) is 9.59 Å². The van der Waals surface area contributed by atoms with Crippen LogP contribution in [0.2, 0.25) is 0 Å². The van der Waals surface area contributed by atoms with E-state index in [2.05, 4.69) is 10.8 Å². The van der Waals surface area contributed by atoms with E-state index < -0.39 is 60.1 Å². The van der Waals surface area contributed by atoms with Crippen LogP contribution in [0.1, 0.15) is 57.0 Å². The zero-order valence-electron chi connectivity index (χ0n) is 27.4. The van der Waals surface area contributed by atoms with Crippen molar-refractivity contribution in [2.75, 3.05) is 46.7 Å². The Morgan fingerprint density at radius 2 is 1.62 bits per heavy atom. The Hall–Kier alpha value is -4.03. The minimum atomic E-state index is -1.50. The molecule has 0 aromatic heterocycles. The molecule has 1 aromatic carbocycles. The van der Waals surface area contributed by atoms with Crippen LogP contribution in [0, 0.1) is 0 Å². The fourth-order valence-electron chi connectivity index (χ4n) is 4.12. The number of hydrogen-bond donors (Lipinski definition) is 3. The molecule has 1 aliphatic rings. The number of ether oxygens (including phenoxy) is 8. The summed E-state index contributed by atoms with van der Waals surface area (Å²) in [6.45, 7) is 8.13. The van der Waals surface area contributed by atoms with Gasteiger partial charge in [0.1, 0.15) is 17.5 Å². The van der Waals surface area contributed by atoms with Crippen LogP contribution in [0.3, 0.4) is 0 Å². The van der Waals surface area contributed by atoms with Gasteiger partial charge < -0.3 is 48.3 Å². The van der Waals surface area contributed by atoms with Gasteiger partial charge >= 0.3 is 24.0 Å². The zero-order valence-corrected chi connectivity index (χ0v) is 27.4. The molecule has 2 amide bonds. The lowest BCUT2D eigenvalue weighted by Crippen LogP contribution is -2.56. The molecule has 1 heterocycles. The van der Waals surface area contributed by atoms with Gasteiger partial charge in [-0.3, -0.25) is 19.2 Å². The van der Waals surface area contributed by atoms with Gasteiger partial charge in [-0.1, -0.05) is 6.07 Å². The Labute approximate surface area is 272 Å². The summed E-state index contributed by atoms with van der Waals surface area (Å²) >= 11 is 0. The van der Waals surface area contributed by atoms with Gasteiger partial charge in [0.25, 0.3) is 5.91 Å². The van der Waals surface area contributed by atoms with E-state index in [1.165, 1.54) is 18.2 Å². The largest absolute Gasteiger partial charge is 0.467 e. The molecule has 17 nitrogen and oxygen atoms in total. The molecule has 0 radical (unpaired) electrons. The van der Waals surface area contributed by atoms with Gasteiger partial charge in [-0.05, 0) is 38.5 Å². The monoisotopic (exact) mass is 672 g/mol. The summed E-state index contributed by atoms with van der Waals surface area (Å²) in [6.07, 6.45) is -6.02. The Kier molecular flexibility index (Phi) is 16.3. The number of aliphatic hydroxyl groups is 1. The van der Waals surface area contributed by atoms with Crippen molar-refractivity contribution >= 4 is 29.9 Å². The smallest absolute Gasteiger partial charge is 0.431 e. The third-order valence-electron chi connectivity index (χ3n) is 5.96. The fraction of sp³-hybridized carbons (Fsp3) is 0.633. The fourth-order valence-corrected chi connectivity index (χ4v) is 4.12. The van der Waals surface area contributed by atoms with Crippen LogP contribution in [-0.2, 0) is 59.0 Å². The number of aliphatic hydroxyl groups excluding tert-OH is 1. The number of hydroxylamine groups is 1. The first kappa shape index (κ1) is 39.1. The average Bonchev–Trinajstić information content (AvgIpc) is 2.99. The molecule has 1 unspecified atom stereocenters. The van der Waals surface area contributed by atoms with E-state index in [1.54, 1.807) is 20.8 Å². The highest BCUT2D eigenvalue weighted by Gasteiger charge is 2.48. The molecule has 1 aromatic rings. The molecule has 2 rings (SSSR count). The van der Waals surface area contributed by atoms with Crippen molar-refractivity contribution < 1.29 is 71.8 Å². The first-order valence-electron chi connectivity index (χ1n) is 14.8. The number of rotatable bonds is 17. The second-order valence-electron chi connectivity index (χ2n) is 11.0. The lowest BCUT2D eigenvalue weighted by molar-refractivity contribution is -0.241. The van der Waals surface area contributed by atoms with Gasteiger partial charge in [-0.2, -0.15) is 5.48 Å². The minimum Gasteiger partial charge on any atom is -0.467 e. The SMILES string of the molecule is COC(=O)[C@H]1OC(Oc2ccc(CO)cc2C(=O)NCCOCCOCCONC(=O)OC(C)(C)C)C[C@@H](OC(C)=O)[C@@H]1OC(C)=O. The molecule has 4 atom stereocenters. The molecule has 0 bridgehead atoms. The Balaban J connectivity index is 1.90. The van der Waals surface area contributed by atoms with Gasteiger partial charge in [0, 0.05) is 20.4 Å². The number of esters is 3. The Morgan fingerprint density at radius 1 is 0.957 bits per heavy atom. The lowest BCUT2D eigenvalue weighted by Gasteiger charge is -2.38. The minimum absolute atomic E-state index is 0.0403. The highest BCUT2D eigenvalue weighted by Crippen LogP contribution is 2.30. The van der Waals surface area contributed by atoms with E-state index in [1.807, 2.05) is 0 Å². The van der Waals surface area contributed by atoms with Crippen molar-refractivity contribution in [3.05, 3.63) is 29.3 Å². The summed E-state index contributed by atoms with van der Waals surface area (Å²) in [4.78, 5) is 65.5. The Bertz CT molecular complexity index is 1200. The number of carbonyl (C=O) groups is 5. The number of benzene rings is 1. The standard InChI is InChI=1S/C30H44N2O15/c1-18(34)43-23-16-24(46-26(28(37)39-6)25(23)44-19(2)35)45-22-8-7-20(17-33)15-21(22)27(36)31-9-10-40-11-12-41-13-14-42-32-29(38)47-30(3,4)5/h7-8,15,23-26,33H,9-14,16-17H2,1-6H3,(H,31,36)(H,32,38)/t23-,24?,25+,26+/m1/s1. The van der Waals surface area contributed by atoms with Crippen molar-refractivity contribution in [2.24, 2.45) is 0 Å². The molecule has 0 saturated carbocycles. The van der Waals surface area contributed by atoms with Crippen LogP contribution < -0.4 is 15.5 Å². The topological polar surface area (TPSA) is 213 Å². The number of amides is 2. The molecule has 264 valence electrons. The van der Waals surface area contributed by atoms with Crippen LogP contribution in [0.4, 0.5) is 4.79 Å². The molecule has 0 spiro atoms. The van der Waals surface area contributed by atoms with Gasteiger partial charge in [0.05, 0.1) is 58.7 Å². The third-order valence-corrected chi connectivity index (χ3v) is 5.96. The number of methoxy groups -OCH3 is 1. The van der Waals surface area contributed by atoms with Crippen molar-refractivity contribution in [1.82, 2.24) is 10.8 Å². The zero-order chi connectivity index (χ0) is 35.0. The van der Waals surface area contributed by atoms with Gasteiger partial charge in [0.2, 0.25) is 6.29 Å². The van der Waals surface area contributed by atoms with Crippen molar-refractivity contribution in [1.29, 1.82) is 0 Å². The van der Waals surface area contributed by atoms with E-state index in [4.69, 9.17) is 42.7 Å². The van der Waals surface area contributed by atoms with E-state index in [-0.39, 0.29) is 63.9 Å². The third kappa shape index (κ3) is 14.5. The number of nitrogens with one attached hydrogen (secondary N) is 2. The summed E-state index contributed by atoms with van der Waals surface area (Å²) < 4.78 is 42.8. The molecule has 1 saturated heterocycles. The van der Waals surface area contributed by atoms with E-state index in [0.717, 1.165) is 21.0 Å². The van der Waals surface area contributed by atoms with Crippen molar-refractivity contribution in [3.63, 3.8) is 0 Å². The van der Waals surface area contributed by atoms with Gasteiger partial charge in [0.15, 0.2) is 12.2 Å². The average molecular weight is 673 g/mol. The molecule has 17 heteroatoms. The van der Waals surface area contributed by atoms with Crippen LogP contribution >= 0.6 is 0 Å². The molecule has 3 N–H and O–H groups in total. The molecule has 47 heavy (non-hydrogen) atoms. The molecule has 0 aliphatic carbocycles. The molecule has 1 aliphatic heterocycles. The number of carbonyl (C=O) groups excluding carboxylic acids is 5. The van der Waals surface area contributed by atoms with Crippen LogP contribution in [-0.4, -0.2) is 112 Å². The predicted molar refractivity (Wildman–Crippen MR) is 159 cm³/mol. The predicted octanol–water partition coefficient (Wildman–Crippen LogP) is 0.928. The van der Waals surface area contributed by atoms with Crippen LogP contribution in [0.5, 0.6) is 5.75 Å². The van der Waals surface area contributed by atoms with Crippen LogP contribution in [0.15, 0.2) is 18.2 Å². The molecular weight excluding hydrogens is 628 g/mol. The maximum Gasteiger partial charge on any atom is 0.431 e. The van der Waals surface area contributed by atoms with E-state index >= 15 is 0 Å². The quantitative estimate of drug-likeness (QED) is 0.0909. The van der Waals surface area contributed by atoms with E-state index in [0.29, 0.717) is 5.56 Å². The highest BCUT2D eigenvalue weighted by molar-refractivity contribution is 5.97. The second-order valence-corrected chi connectivity index (χ2v) is 11.0. The normalized spacial score (nSPS) is 19.2. The highest BCUT2D eigenvalue weighted by atomic mass is 16.7. The van der Waals surface area contributed by atoms with Crippen molar-refractivity contribution in [2.45, 2.75) is 77.8 Å². The summed E-state index contributed by atoms with van der Waals surface area (Å²) in [7, 11) is 1.11. The lowest BCUT2D eigenvalue weighted by atomic mass is 10.0. The second kappa shape index (κ2) is 19.6. The maximum absolute atomic E-state index is 13.1. The summed E-state index contributed by atoms with van der Waals surface area (Å²) in [5.74, 6) is -2.85. The van der Waals surface area contributed by atoms with Crippen LogP contribution in [0.25, 0.3) is 0 Å². The van der Waals surface area contributed by atoms with Crippen molar-refractivity contribution in [3.8, 4) is 5.75 Å². The Morgan fingerprint density at radius 3 is 2.23 bits per heavy atom. The summed E-state index contributed by atoms with van der Waals surface area (Å²) in [6, 6.07) is 4.39. The van der Waals surface area contributed by atoms with E-state index in [9.17, 15) is 29.1 Å². The molecular formula is C30H44N2O15. The maximum atomic E-state index is 13.1. The number of hydrogen-bond acceptors (Lipinski definition) is 15. The summed E-state index contributed by atoms with van der Waals surface area (Å²) in [5, 5.41) is 12.3. The first-order chi connectivity index (χ1) is 22.2.